The molecule has 0 radical (unpaired) electrons. The van der Waals surface area contributed by atoms with E-state index in [4.69, 9.17) is 9.47 Å². The zero-order chi connectivity index (χ0) is 27.9. The zero-order valence-electron chi connectivity index (χ0n) is 20.2. The van der Waals surface area contributed by atoms with Crippen molar-refractivity contribution in [3.8, 4) is 0 Å². The number of halogens is 1. The molecule has 10 nitrogen and oxygen atoms in total. The maximum atomic E-state index is 14.2. The van der Waals surface area contributed by atoms with E-state index in [9.17, 15) is 42.8 Å². The molecule has 12 heteroatoms. The van der Waals surface area contributed by atoms with Crippen molar-refractivity contribution in [1.29, 1.82) is 0 Å². The average molecular weight is 549 g/mol. The summed E-state index contributed by atoms with van der Waals surface area (Å²) in [7, 11) is -3.38. The number of rotatable bonds is 6. The molecule has 0 aromatic heterocycles. The predicted molar refractivity (Wildman–Crippen MR) is 131 cm³/mol. The Hall–Kier alpha value is -3.42. The molecule has 1 fully saturated rings. The lowest BCUT2D eigenvalue weighted by molar-refractivity contribution is -0.286. The molecule has 202 valence electrons. The fraction of sp³-hybridized carbons (Fsp3) is 0.308. The number of aliphatic hydroxyl groups is 3. The van der Waals surface area contributed by atoms with Crippen molar-refractivity contribution in [2.45, 2.75) is 48.9 Å². The van der Waals surface area contributed by atoms with E-state index in [1.54, 1.807) is 31.2 Å². The van der Waals surface area contributed by atoms with E-state index in [1.807, 2.05) is 0 Å². The fourth-order valence-corrected chi connectivity index (χ4v) is 5.05. The number of hydrogen-bond donors (Lipinski definition) is 4. The molecule has 1 aliphatic carbocycles. The second-order valence-corrected chi connectivity index (χ2v) is 11.1. The Morgan fingerprint density at radius 2 is 1.68 bits per heavy atom. The first-order chi connectivity index (χ1) is 17.8. The fourth-order valence-electron chi connectivity index (χ4n) is 4.42. The second-order valence-electron chi connectivity index (χ2n) is 9.09. The minimum absolute atomic E-state index is 0.152. The van der Waals surface area contributed by atoms with E-state index in [0.717, 1.165) is 6.26 Å². The number of aliphatic carboxylic acids is 1. The summed E-state index contributed by atoms with van der Waals surface area (Å²) in [5, 5.41) is 39.0. The molecule has 1 aliphatic heterocycles. The Bertz CT molecular complexity index is 1440. The summed E-state index contributed by atoms with van der Waals surface area (Å²) in [5.41, 5.74) is 3.38. The summed E-state index contributed by atoms with van der Waals surface area (Å²) in [5.74, 6) is -3.12. The summed E-state index contributed by atoms with van der Waals surface area (Å²) in [6.45, 7) is 1.71. The van der Waals surface area contributed by atoms with Crippen LogP contribution in [-0.4, -0.2) is 77.7 Å². The van der Waals surface area contributed by atoms with Crippen LogP contribution in [0.1, 0.15) is 30.0 Å². The van der Waals surface area contributed by atoms with E-state index in [-0.39, 0.29) is 4.90 Å². The van der Waals surface area contributed by atoms with Crippen LogP contribution >= 0.6 is 0 Å². The quantitative estimate of drug-likeness (QED) is 0.387. The standard InChI is InChI=1S/C26H25FO10S/c1-12-17(9-13-3-6-15(7-4-13)38(2,34)35)16-8-5-14(27)10-19(16)18(12)11-20(28)36-26-23(31)21(29)22(30)24(37-26)25(32)33/h3-10,21-24,26,29-31H,11H2,1-2H3,(H,32,33)/b17-9-. The molecule has 4 N–H and O–H groups in total. The molecule has 4 rings (SSSR count). The highest BCUT2D eigenvalue weighted by Crippen LogP contribution is 2.44. The van der Waals surface area contributed by atoms with Crippen molar-refractivity contribution < 1.29 is 52.3 Å². The van der Waals surface area contributed by atoms with Gasteiger partial charge in [0.2, 0.25) is 6.29 Å². The molecule has 2 aromatic carbocycles. The topological polar surface area (TPSA) is 168 Å². The van der Waals surface area contributed by atoms with Crippen LogP contribution < -0.4 is 0 Å². The third-order valence-electron chi connectivity index (χ3n) is 6.45. The summed E-state index contributed by atoms with van der Waals surface area (Å²) >= 11 is 0. The van der Waals surface area contributed by atoms with E-state index in [0.29, 0.717) is 33.4 Å². The highest BCUT2D eigenvalue weighted by molar-refractivity contribution is 7.90. The van der Waals surface area contributed by atoms with Gasteiger partial charge in [-0.25, -0.2) is 17.6 Å². The zero-order valence-corrected chi connectivity index (χ0v) is 21.1. The number of aliphatic hydroxyl groups excluding tert-OH is 3. The number of fused-ring (bicyclic) bond motifs is 1. The molecule has 0 saturated carbocycles. The lowest BCUT2D eigenvalue weighted by Gasteiger charge is -2.38. The number of esters is 1. The van der Waals surface area contributed by atoms with Crippen molar-refractivity contribution in [3.05, 3.63) is 70.5 Å². The Morgan fingerprint density at radius 1 is 1.03 bits per heavy atom. The molecule has 2 aliphatic rings. The number of ether oxygens (including phenoxy) is 2. The van der Waals surface area contributed by atoms with Crippen LogP contribution in [0.15, 0.2) is 52.9 Å². The first kappa shape index (κ1) is 27.6. The van der Waals surface area contributed by atoms with E-state index < -0.39 is 64.7 Å². The van der Waals surface area contributed by atoms with Gasteiger partial charge in [0.25, 0.3) is 0 Å². The number of carbonyl (C=O) groups is 2. The van der Waals surface area contributed by atoms with Gasteiger partial charge in [-0.05, 0) is 70.7 Å². The van der Waals surface area contributed by atoms with Crippen molar-refractivity contribution in [1.82, 2.24) is 0 Å². The van der Waals surface area contributed by atoms with Gasteiger partial charge >= 0.3 is 11.9 Å². The first-order valence-corrected chi connectivity index (χ1v) is 13.3. The minimum Gasteiger partial charge on any atom is -0.479 e. The number of carboxylic acids is 1. The normalized spacial score (nSPS) is 26.4. The molecule has 1 heterocycles. The number of hydrogen-bond acceptors (Lipinski definition) is 9. The summed E-state index contributed by atoms with van der Waals surface area (Å²) in [6, 6.07) is 10.2. The summed E-state index contributed by atoms with van der Waals surface area (Å²) < 4.78 is 47.8. The molecule has 2 aromatic rings. The van der Waals surface area contributed by atoms with Crippen molar-refractivity contribution in [2.75, 3.05) is 6.26 Å². The van der Waals surface area contributed by atoms with Gasteiger partial charge in [0, 0.05) is 6.26 Å². The van der Waals surface area contributed by atoms with Crippen LogP contribution in [0.5, 0.6) is 0 Å². The van der Waals surface area contributed by atoms with Gasteiger partial charge in [-0.2, -0.15) is 0 Å². The summed E-state index contributed by atoms with van der Waals surface area (Å²) in [6.07, 6.45) is -7.12. The van der Waals surface area contributed by atoms with Crippen LogP contribution in [0.25, 0.3) is 17.2 Å². The van der Waals surface area contributed by atoms with Gasteiger partial charge in [-0.15, -0.1) is 0 Å². The van der Waals surface area contributed by atoms with E-state index in [2.05, 4.69) is 0 Å². The van der Waals surface area contributed by atoms with Crippen LogP contribution in [0.4, 0.5) is 4.39 Å². The maximum Gasteiger partial charge on any atom is 0.335 e. The van der Waals surface area contributed by atoms with Crippen LogP contribution in [0, 0.1) is 5.82 Å². The van der Waals surface area contributed by atoms with E-state index >= 15 is 0 Å². The lowest BCUT2D eigenvalue weighted by atomic mass is 9.99. The molecular weight excluding hydrogens is 523 g/mol. The molecule has 0 spiro atoms. The van der Waals surface area contributed by atoms with Gasteiger partial charge in [0.05, 0.1) is 11.3 Å². The minimum atomic E-state index is -3.38. The van der Waals surface area contributed by atoms with Gasteiger partial charge in [0.15, 0.2) is 15.9 Å². The van der Waals surface area contributed by atoms with Crippen molar-refractivity contribution in [3.63, 3.8) is 0 Å². The number of carboxylic acid groups (broad SMARTS) is 1. The third-order valence-corrected chi connectivity index (χ3v) is 7.58. The Kier molecular flexibility index (Phi) is 7.55. The SMILES string of the molecule is CC1=C(CC(=O)OC2OC(C(=O)O)C(O)C(O)C2O)c2cc(F)ccc2/C1=C\c1ccc(S(C)(=O)=O)cc1. The van der Waals surface area contributed by atoms with Gasteiger partial charge in [-0.3, -0.25) is 4.79 Å². The Balaban J connectivity index is 1.62. The summed E-state index contributed by atoms with van der Waals surface area (Å²) in [4.78, 5) is 24.3. The largest absolute Gasteiger partial charge is 0.479 e. The van der Waals surface area contributed by atoms with Crippen LogP contribution in [0.3, 0.4) is 0 Å². The van der Waals surface area contributed by atoms with Crippen LogP contribution in [0.2, 0.25) is 0 Å². The van der Waals surface area contributed by atoms with Crippen molar-refractivity contribution in [2.24, 2.45) is 0 Å². The Morgan fingerprint density at radius 3 is 2.29 bits per heavy atom. The highest BCUT2D eigenvalue weighted by atomic mass is 32.2. The monoisotopic (exact) mass is 548 g/mol. The third kappa shape index (κ3) is 5.40. The number of allylic oxidation sites excluding steroid dienone is 2. The smallest absolute Gasteiger partial charge is 0.335 e. The molecule has 0 bridgehead atoms. The molecule has 0 amide bonds. The predicted octanol–water partition coefficient (Wildman–Crippen LogP) is 1.38. The maximum absolute atomic E-state index is 14.2. The molecule has 38 heavy (non-hydrogen) atoms. The molecule has 5 unspecified atom stereocenters. The number of carbonyl (C=O) groups excluding carboxylic acids is 1. The number of sulfone groups is 1. The molecule has 1 saturated heterocycles. The second kappa shape index (κ2) is 10.4. The highest BCUT2D eigenvalue weighted by Gasteiger charge is 2.48. The number of benzene rings is 2. The van der Waals surface area contributed by atoms with Gasteiger partial charge < -0.3 is 29.9 Å². The average Bonchev–Trinajstić information content (AvgIpc) is 3.09. The van der Waals surface area contributed by atoms with Gasteiger partial charge in [-0.1, -0.05) is 18.2 Å². The van der Waals surface area contributed by atoms with Gasteiger partial charge in [0.1, 0.15) is 24.1 Å². The first-order valence-electron chi connectivity index (χ1n) is 11.4. The molecule has 5 atom stereocenters. The van der Waals surface area contributed by atoms with Crippen LogP contribution in [-0.2, 0) is 28.9 Å². The Labute approximate surface area is 217 Å². The van der Waals surface area contributed by atoms with E-state index in [1.165, 1.54) is 24.3 Å². The van der Waals surface area contributed by atoms with Crippen molar-refractivity contribution >= 4 is 39.0 Å². The molecular formula is C26H25FO10S. The lowest BCUT2D eigenvalue weighted by Crippen LogP contribution is -2.60.